The smallest absolute Gasteiger partial charge is 0.221 e. The fourth-order valence-corrected chi connectivity index (χ4v) is 1.94. The Morgan fingerprint density at radius 1 is 1.33 bits per heavy atom. The summed E-state index contributed by atoms with van der Waals surface area (Å²) in [6, 6.07) is 6.94. The monoisotopic (exact) mass is 246 g/mol. The highest BCUT2D eigenvalue weighted by Gasteiger charge is 2.22. The number of rotatable bonds is 6. The lowest BCUT2D eigenvalue weighted by Crippen LogP contribution is -2.29. The van der Waals surface area contributed by atoms with Gasteiger partial charge < -0.3 is 10.6 Å². The van der Waals surface area contributed by atoms with Crippen LogP contribution < -0.4 is 10.6 Å². The highest BCUT2D eigenvalue weighted by Crippen LogP contribution is 2.18. The highest BCUT2D eigenvalue weighted by atomic mass is 16.1. The van der Waals surface area contributed by atoms with Crippen LogP contribution in [-0.4, -0.2) is 18.5 Å². The molecule has 1 fully saturated rings. The summed E-state index contributed by atoms with van der Waals surface area (Å²) in [5.41, 5.74) is 3.90. The van der Waals surface area contributed by atoms with Gasteiger partial charge in [0.1, 0.15) is 0 Å². The SMILES string of the molecule is Cc1ccc(C)c(CNCCC(=O)NC2CC2)c1. The minimum Gasteiger partial charge on any atom is -0.353 e. The van der Waals surface area contributed by atoms with Crippen LogP contribution in [0.5, 0.6) is 0 Å². The number of hydrogen-bond acceptors (Lipinski definition) is 2. The molecule has 3 nitrogen and oxygen atoms in total. The maximum Gasteiger partial charge on any atom is 0.221 e. The molecule has 1 amide bonds. The van der Waals surface area contributed by atoms with Crippen LogP contribution in [0.1, 0.15) is 36.0 Å². The number of carbonyl (C=O) groups is 1. The van der Waals surface area contributed by atoms with Crippen molar-refractivity contribution >= 4 is 5.91 Å². The van der Waals surface area contributed by atoms with Crippen LogP contribution in [-0.2, 0) is 11.3 Å². The van der Waals surface area contributed by atoms with E-state index >= 15 is 0 Å². The largest absolute Gasteiger partial charge is 0.353 e. The zero-order chi connectivity index (χ0) is 13.0. The van der Waals surface area contributed by atoms with Crippen LogP contribution in [0.3, 0.4) is 0 Å². The zero-order valence-corrected chi connectivity index (χ0v) is 11.3. The van der Waals surface area contributed by atoms with Crippen molar-refractivity contribution in [2.45, 2.75) is 45.7 Å². The molecule has 1 aromatic carbocycles. The molecule has 0 atom stereocenters. The third kappa shape index (κ3) is 4.15. The molecule has 0 heterocycles. The van der Waals surface area contributed by atoms with Crippen LogP contribution in [0.25, 0.3) is 0 Å². The van der Waals surface area contributed by atoms with Gasteiger partial charge in [-0.05, 0) is 37.8 Å². The first-order chi connectivity index (χ1) is 8.65. The van der Waals surface area contributed by atoms with Gasteiger partial charge in [0.2, 0.25) is 5.91 Å². The predicted molar refractivity (Wildman–Crippen MR) is 73.4 cm³/mol. The standard InChI is InChI=1S/C15H22N2O/c1-11-3-4-12(2)13(9-11)10-16-8-7-15(18)17-14-5-6-14/h3-4,9,14,16H,5-8,10H2,1-2H3,(H,17,18). The van der Waals surface area contributed by atoms with Gasteiger partial charge in [0.05, 0.1) is 0 Å². The Kier molecular flexibility index (Phi) is 4.37. The normalized spacial score (nSPS) is 14.6. The van der Waals surface area contributed by atoms with E-state index in [4.69, 9.17) is 0 Å². The van der Waals surface area contributed by atoms with Crippen molar-refractivity contribution in [3.05, 3.63) is 34.9 Å². The number of nitrogens with one attached hydrogen (secondary N) is 2. The Labute approximate surface area is 109 Å². The molecule has 0 aliphatic heterocycles. The molecule has 1 saturated carbocycles. The molecular formula is C15H22N2O. The van der Waals surface area contributed by atoms with Gasteiger partial charge in [-0.25, -0.2) is 0 Å². The van der Waals surface area contributed by atoms with Gasteiger partial charge in [-0.3, -0.25) is 4.79 Å². The number of hydrogen-bond donors (Lipinski definition) is 2. The van der Waals surface area contributed by atoms with E-state index in [1.807, 2.05) is 0 Å². The van der Waals surface area contributed by atoms with Crippen LogP contribution in [0.2, 0.25) is 0 Å². The summed E-state index contributed by atoms with van der Waals surface area (Å²) < 4.78 is 0. The van der Waals surface area contributed by atoms with Gasteiger partial charge in [-0.2, -0.15) is 0 Å². The second-order valence-corrected chi connectivity index (χ2v) is 5.20. The first kappa shape index (κ1) is 13.1. The molecule has 3 heteroatoms. The fraction of sp³-hybridized carbons (Fsp3) is 0.533. The molecule has 98 valence electrons. The van der Waals surface area contributed by atoms with Crippen LogP contribution in [0.4, 0.5) is 0 Å². The van der Waals surface area contributed by atoms with E-state index in [1.54, 1.807) is 0 Å². The lowest BCUT2D eigenvalue weighted by atomic mass is 10.1. The molecule has 18 heavy (non-hydrogen) atoms. The molecule has 0 unspecified atom stereocenters. The molecule has 0 bridgehead atoms. The van der Waals surface area contributed by atoms with E-state index in [0.717, 1.165) is 25.9 Å². The number of amides is 1. The molecule has 1 aliphatic rings. The topological polar surface area (TPSA) is 41.1 Å². The van der Waals surface area contributed by atoms with E-state index in [0.29, 0.717) is 12.5 Å². The minimum absolute atomic E-state index is 0.172. The second-order valence-electron chi connectivity index (χ2n) is 5.20. The quantitative estimate of drug-likeness (QED) is 0.754. The predicted octanol–water partition coefficient (Wildman–Crippen LogP) is 2.06. The van der Waals surface area contributed by atoms with Crippen molar-refractivity contribution in [1.29, 1.82) is 0 Å². The van der Waals surface area contributed by atoms with Crippen molar-refractivity contribution in [3.8, 4) is 0 Å². The zero-order valence-electron chi connectivity index (χ0n) is 11.3. The van der Waals surface area contributed by atoms with Crippen LogP contribution in [0, 0.1) is 13.8 Å². The summed E-state index contributed by atoms with van der Waals surface area (Å²) in [5.74, 6) is 0.172. The number of aryl methyl sites for hydroxylation is 2. The Bertz CT molecular complexity index is 425. The third-order valence-electron chi connectivity index (χ3n) is 3.29. The molecular weight excluding hydrogens is 224 g/mol. The average molecular weight is 246 g/mol. The van der Waals surface area contributed by atoms with Gasteiger partial charge in [-0.1, -0.05) is 23.8 Å². The Hall–Kier alpha value is -1.35. The van der Waals surface area contributed by atoms with Gasteiger partial charge in [0.25, 0.3) is 0 Å². The summed E-state index contributed by atoms with van der Waals surface area (Å²) in [6.07, 6.45) is 2.88. The molecule has 0 spiro atoms. The van der Waals surface area contributed by atoms with E-state index in [9.17, 15) is 4.79 Å². The van der Waals surface area contributed by atoms with Crippen molar-refractivity contribution in [2.75, 3.05) is 6.54 Å². The van der Waals surface area contributed by atoms with E-state index in [1.165, 1.54) is 16.7 Å². The van der Waals surface area contributed by atoms with Gasteiger partial charge in [-0.15, -0.1) is 0 Å². The molecule has 0 radical (unpaired) electrons. The summed E-state index contributed by atoms with van der Waals surface area (Å²) in [5, 5.41) is 6.33. The third-order valence-corrected chi connectivity index (χ3v) is 3.29. The average Bonchev–Trinajstić information content (AvgIpc) is 3.13. The Balaban J connectivity index is 1.67. The first-order valence-electron chi connectivity index (χ1n) is 6.71. The maximum absolute atomic E-state index is 11.5. The van der Waals surface area contributed by atoms with Gasteiger partial charge >= 0.3 is 0 Å². The molecule has 2 N–H and O–H groups in total. The number of benzene rings is 1. The van der Waals surface area contributed by atoms with Crippen molar-refractivity contribution in [2.24, 2.45) is 0 Å². The summed E-state index contributed by atoms with van der Waals surface area (Å²) in [7, 11) is 0. The lowest BCUT2D eigenvalue weighted by Gasteiger charge is -2.09. The van der Waals surface area contributed by atoms with Gasteiger partial charge in [0.15, 0.2) is 0 Å². The molecule has 2 rings (SSSR count). The van der Waals surface area contributed by atoms with E-state index in [-0.39, 0.29) is 5.91 Å². The second kappa shape index (κ2) is 6.01. The maximum atomic E-state index is 11.5. The molecule has 1 aliphatic carbocycles. The Morgan fingerprint density at radius 3 is 2.83 bits per heavy atom. The lowest BCUT2D eigenvalue weighted by molar-refractivity contribution is -0.121. The van der Waals surface area contributed by atoms with E-state index < -0.39 is 0 Å². The summed E-state index contributed by atoms with van der Waals surface area (Å²) >= 11 is 0. The van der Waals surface area contributed by atoms with Crippen molar-refractivity contribution in [3.63, 3.8) is 0 Å². The number of carbonyl (C=O) groups excluding carboxylic acids is 1. The minimum atomic E-state index is 0.172. The fourth-order valence-electron chi connectivity index (χ4n) is 1.94. The molecule has 1 aromatic rings. The van der Waals surface area contributed by atoms with Crippen molar-refractivity contribution in [1.82, 2.24) is 10.6 Å². The molecule has 0 aromatic heterocycles. The summed E-state index contributed by atoms with van der Waals surface area (Å²) in [6.45, 7) is 5.80. The Morgan fingerprint density at radius 2 is 2.11 bits per heavy atom. The van der Waals surface area contributed by atoms with Crippen molar-refractivity contribution < 1.29 is 4.79 Å². The van der Waals surface area contributed by atoms with Crippen LogP contribution >= 0.6 is 0 Å². The highest BCUT2D eigenvalue weighted by molar-refractivity contribution is 5.76. The first-order valence-corrected chi connectivity index (χ1v) is 6.71. The molecule has 0 saturated heterocycles. The van der Waals surface area contributed by atoms with E-state index in [2.05, 4.69) is 42.7 Å². The van der Waals surface area contributed by atoms with Gasteiger partial charge in [0, 0.05) is 25.6 Å². The van der Waals surface area contributed by atoms with Crippen LogP contribution in [0.15, 0.2) is 18.2 Å². The summed E-state index contributed by atoms with van der Waals surface area (Å²) in [4.78, 5) is 11.5.